The Bertz CT molecular complexity index is 310. The van der Waals surface area contributed by atoms with E-state index in [1.807, 2.05) is 0 Å². The molecule has 0 aliphatic heterocycles. The number of hydrogen-bond donors (Lipinski definition) is 1. The van der Waals surface area contributed by atoms with E-state index < -0.39 is 0 Å². The van der Waals surface area contributed by atoms with Gasteiger partial charge in [0.1, 0.15) is 0 Å². The van der Waals surface area contributed by atoms with Crippen molar-refractivity contribution in [3.63, 3.8) is 0 Å². The lowest BCUT2D eigenvalue weighted by molar-refractivity contribution is 0.275. The fraction of sp³-hybridized carbons (Fsp3) is 0.786. The molecule has 0 aliphatic carbocycles. The van der Waals surface area contributed by atoms with E-state index in [0.29, 0.717) is 0 Å². The second-order valence-corrected chi connectivity index (χ2v) is 6.31. The number of rotatable bonds is 7. The van der Waals surface area contributed by atoms with Crippen LogP contribution in [0.5, 0.6) is 0 Å². The molecule has 98 valence electrons. The third kappa shape index (κ3) is 4.76. The number of nitrogens with zero attached hydrogens (tertiary/aromatic N) is 1. The third-order valence-corrected chi connectivity index (χ3v) is 4.34. The number of nitrogens with one attached hydrogen (secondary N) is 1. The van der Waals surface area contributed by atoms with Crippen LogP contribution in [0.1, 0.15) is 45.3 Å². The molecule has 0 radical (unpaired) electrons. The van der Waals surface area contributed by atoms with E-state index in [9.17, 15) is 0 Å². The fourth-order valence-electron chi connectivity index (χ4n) is 2.20. The molecule has 1 N–H and O–H groups in total. The van der Waals surface area contributed by atoms with Crippen LogP contribution in [-0.4, -0.2) is 11.5 Å². The highest BCUT2D eigenvalue weighted by Crippen LogP contribution is 2.19. The Morgan fingerprint density at radius 2 is 1.88 bits per heavy atom. The normalized spacial score (nSPS) is 12.0. The van der Waals surface area contributed by atoms with E-state index in [4.69, 9.17) is 0 Å². The molecule has 0 unspecified atom stereocenters. The second kappa shape index (κ2) is 7.12. The molecule has 1 aromatic rings. The second-order valence-electron chi connectivity index (χ2n) is 5.37. The zero-order valence-electron chi connectivity index (χ0n) is 11.8. The van der Waals surface area contributed by atoms with Gasteiger partial charge < -0.3 is 5.32 Å². The maximum Gasteiger partial charge on any atom is 0.0926 e. The van der Waals surface area contributed by atoms with E-state index in [2.05, 4.69) is 50.3 Å². The van der Waals surface area contributed by atoms with Gasteiger partial charge in [0.05, 0.1) is 10.7 Å². The van der Waals surface area contributed by atoms with Crippen LogP contribution in [0.3, 0.4) is 0 Å². The van der Waals surface area contributed by atoms with E-state index in [-0.39, 0.29) is 0 Å². The molecule has 1 aromatic heterocycles. The van der Waals surface area contributed by atoms with Crippen molar-refractivity contribution in [3.05, 3.63) is 16.1 Å². The Kier molecular flexibility index (Phi) is 6.14. The van der Waals surface area contributed by atoms with E-state index in [0.717, 1.165) is 37.3 Å². The van der Waals surface area contributed by atoms with Crippen molar-refractivity contribution in [1.82, 2.24) is 10.3 Å². The van der Waals surface area contributed by atoms with E-state index in [1.54, 1.807) is 11.3 Å². The predicted molar refractivity (Wildman–Crippen MR) is 76.4 cm³/mol. The summed E-state index contributed by atoms with van der Waals surface area (Å²) in [6, 6.07) is 0. The Balaban J connectivity index is 2.35. The van der Waals surface area contributed by atoms with E-state index in [1.165, 1.54) is 10.7 Å². The summed E-state index contributed by atoms with van der Waals surface area (Å²) in [6.07, 6.45) is 1.05. The van der Waals surface area contributed by atoms with Gasteiger partial charge in [-0.3, -0.25) is 0 Å². The van der Waals surface area contributed by atoms with Crippen LogP contribution >= 0.6 is 11.3 Å². The smallest absolute Gasteiger partial charge is 0.0926 e. The lowest BCUT2D eigenvalue weighted by atomic mass is 9.85. The highest BCUT2D eigenvalue weighted by Gasteiger charge is 2.16. The Hall–Kier alpha value is -0.410. The van der Waals surface area contributed by atoms with Gasteiger partial charge in [-0.05, 0) is 30.7 Å². The molecular weight excluding hydrogens is 228 g/mol. The van der Waals surface area contributed by atoms with Gasteiger partial charge in [-0.15, -0.1) is 11.3 Å². The van der Waals surface area contributed by atoms with Gasteiger partial charge in [0.25, 0.3) is 0 Å². The summed E-state index contributed by atoms with van der Waals surface area (Å²) in [7, 11) is 0. The first-order valence-corrected chi connectivity index (χ1v) is 7.56. The first-order valence-electron chi connectivity index (χ1n) is 6.68. The van der Waals surface area contributed by atoms with Crippen LogP contribution in [-0.2, 0) is 13.0 Å². The van der Waals surface area contributed by atoms with Gasteiger partial charge in [-0.1, -0.05) is 34.6 Å². The topological polar surface area (TPSA) is 24.9 Å². The molecule has 0 aliphatic rings. The van der Waals surface area contributed by atoms with E-state index >= 15 is 0 Å². The molecule has 17 heavy (non-hydrogen) atoms. The Morgan fingerprint density at radius 3 is 2.35 bits per heavy atom. The molecule has 0 saturated heterocycles. The van der Waals surface area contributed by atoms with Crippen molar-refractivity contribution in [3.8, 4) is 0 Å². The first-order chi connectivity index (χ1) is 8.04. The molecule has 0 fully saturated rings. The summed E-state index contributed by atoms with van der Waals surface area (Å²) in [5, 5.41) is 6.96. The molecule has 0 saturated carbocycles. The van der Waals surface area contributed by atoms with Crippen molar-refractivity contribution in [2.24, 2.45) is 17.8 Å². The van der Waals surface area contributed by atoms with Crippen molar-refractivity contribution >= 4 is 11.3 Å². The van der Waals surface area contributed by atoms with Gasteiger partial charge in [0.15, 0.2) is 0 Å². The first kappa shape index (κ1) is 14.7. The zero-order chi connectivity index (χ0) is 12.8. The molecule has 1 rings (SSSR count). The van der Waals surface area contributed by atoms with Gasteiger partial charge in [-0.25, -0.2) is 4.98 Å². The number of thiazole rings is 1. The van der Waals surface area contributed by atoms with Crippen molar-refractivity contribution < 1.29 is 0 Å². The van der Waals surface area contributed by atoms with Crippen LogP contribution in [0, 0.1) is 17.8 Å². The van der Waals surface area contributed by atoms with Gasteiger partial charge in [0, 0.05) is 11.9 Å². The lowest BCUT2D eigenvalue weighted by Gasteiger charge is -2.25. The molecule has 3 heteroatoms. The van der Waals surface area contributed by atoms with Crippen molar-refractivity contribution in [2.45, 2.75) is 47.6 Å². The minimum absolute atomic E-state index is 0.740. The van der Waals surface area contributed by atoms with Crippen molar-refractivity contribution in [1.29, 1.82) is 0 Å². The van der Waals surface area contributed by atoms with Crippen LogP contribution < -0.4 is 5.32 Å². The zero-order valence-corrected chi connectivity index (χ0v) is 12.6. The maximum atomic E-state index is 4.57. The molecule has 0 atom stereocenters. The summed E-state index contributed by atoms with van der Waals surface area (Å²) < 4.78 is 0. The average Bonchev–Trinajstić information content (AvgIpc) is 2.71. The molecule has 0 amide bonds. The summed E-state index contributed by atoms with van der Waals surface area (Å²) in [5.74, 6) is 2.23. The Morgan fingerprint density at radius 1 is 1.24 bits per heavy atom. The average molecular weight is 254 g/mol. The summed E-state index contributed by atoms with van der Waals surface area (Å²) in [6.45, 7) is 13.4. The highest BCUT2D eigenvalue weighted by atomic mass is 32.1. The monoisotopic (exact) mass is 254 g/mol. The number of hydrogen-bond acceptors (Lipinski definition) is 3. The standard InChI is InChI=1S/C14H26N2S/c1-6-14-16-12(9-17-14)7-15-8-13(10(2)3)11(4)5/h9-11,13,15H,6-8H2,1-5H3. The molecule has 2 nitrogen and oxygen atoms in total. The summed E-state index contributed by atoms with van der Waals surface area (Å²) in [5.41, 5.74) is 1.19. The number of aromatic nitrogens is 1. The SMILES string of the molecule is CCc1nc(CNCC(C(C)C)C(C)C)cs1. The van der Waals surface area contributed by atoms with Gasteiger partial charge >= 0.3 is 0 Å². The molecule has 0 aromatic carbocycles. The maximum absolute atomic E-state index is 4.57. The minimum Gasteiger partial charge on any atom is -0.311 e. The third-order valence-electron chi connectivity index (χ3n) is 3.30. The molecule has 0 bridgehead atoms. The quantitative estimate of drug-likeness (QED) is 0.802. The Labute approximate surface area is 110 Å². The number of aryl methyl sites for hydroxylation is 1. The van der Waals surface area contributed by atoms with Gasteiger partial charge in [-0.2, -0.15) is 0 Å². The molecule has 0 spiro atoms. The summed E-state index contributed by atoms with van der Waals surface area (Å²) in [4.78, 5) is 4.57. The van der Waals surface area contributed by atoms with Crippen LogP contribution in [0.2, 0.25) is 0 Å². The highest BCUT2D eigenvalue weighted by molar-refractivity contribution is 7.09. The van der Waals surface area contributed by atoms with Gasteiger partial charge in [0.2, 0.25) is 0 Å². The van der Waals surface area contributed by atoms with Crippen LogP contribution in [0.4, 0.5) is 0 Å². The molecular formula is C14H26N2S. The van der Waals surface area contributed by atoms with Crippen molar-refractivity contribution in [2.75, 3.05) is 6.54 Å². The van der Waals surface area contributed by atoms with Crippen LogP contribution in [0.25, 0.3) is 0 Å². The fourth-order valence-corrected chi connectivity index (χ4v) is 2.95. The molecule has 1 heterocycles. The van der Waals surface area contributed by atoms with Crippen LogP contribution in [0.15, 0.2) is 5.38 Å². The largest absolute Gasteiger partial charge is 0.311 e. The summed E-state index contributed by atoms with van der Waals surface area (Å²) >= 11 is 1.77. The predicted octanol–water partition coefficient (Wildman–Crippen LogP) is 3.72. The lowest BCUT2D eigenvalue weighted by Crippen LogP contribution is -2.29. The minimum atomic E-state index is 0.740.